The van der Waals surface area contributed by atoms with E-state index < -0.39 is 11.7 Å². The molecular weight excluding hydrogens is 336 g/mol. The molecule has 0 bridgehead atoms. The summed E-state index contributed by atoms with van der Waals surface area (Å²) >= 11 is 10.3. The predicted molar refractivity (Wildman–Crippen MR) is 94.4 cm³/mol. The number of nitrogens with zero attached hydrogens (tertiary/aromatic N) is 2. The molecule has 1 saturated heterocycles. The van der Waals surface area contributed by atoms with Gasteiger partial charge in [0.05, 0.1) is 6.04 Å². The van der Waals surface area contributed by atoms with Crippen molar-refractivity contribution in [2.24, 2.45) is 0 Å². The highest BCUT2D eigenvalue weighted by molar-refractivity contribution is 7.80. The molecule has 1 aliphatic heterocycles. The lowest BCUT2D eigenvalue weighted by molar-refractivity contribution is -0.122. The van der Waals surface area contributed by atoms with Crippen molar-refractivity contribution in [2.45, 2.75) is 32.4 Å². The van der Waals surface area contributed by atoms with Gasteiger partial charge in [-0.3, -0.25) is 9.69 Å². The molecule has 2 amide bonds. The lowest BCUT2D eigenvalue weighted by atomic mass is 10.1. The first kappa shape index (κ1) is 17.9. The van der Waals surface area contributed by atoms with Gasteiger partial charge in [-0.2, -0.15) is 12.6 Å². The molecule has 0 saturated carbocycles. The first-order chi connectivity index (χ1) is 10.7. The van der Waals surface area contributed by atoms with E-state index in [0.29, 0.717) is 17.3 Å². The van der Waals surface area contributed by atoms with E-state index in [4.69, 9.17) is 16.3 Å². The Hall–Kier alpha value is -1.40. The third-order valence-corrected chi connectivity index (χ3v) is 4.06. The van der Waals surface area contributed by atoms with Crippen molar-refractivity contribution in [3.63, 3.8) is 0 Å². The van der Waals surface area contributed by atoms with Crippen molar-refractivity contribution < 1.29 is 14.3 Å². The normalized spacial score (nSPS) is 19.0. The van der Waals surface area contributed by atoms with Gasteiger partial charge in [-0.05, 0) is 39.0 Å². The fourth-order valence-corrected chi connectivity index (χ4v) is 2.85. The summed E-state index contributed by atoms with van der Waals surface area (Å²) in [6.45, 7) is 5.72. The van der Waals surface area contributed by atoms with Gasteiger partial charge in [0.15, 0.2) is 0 Å². The highest BCUT2D eigenvalue weighted by atomic mass is 35.5. The molecule has 1 aromatic rings. The largest absolute Gasteiger partial charge is 0.444 e. The zero-order chi connectivity index (χ0) is 17.2. The van der Waals surface area contributed by atoms with Crippen LogP contribution in [0.3, 0.4) is 0 Å². The predicted octanol–water partition coefficient (Wildman–Crippen LogP) is 3.22. The van der Waals surface area contributed by atoms with Gasteiger partial charge < -0.3 is 9.64 Å². The SMILES string of the molecule is CC(C)(C)OC(=O)N1CC(=O)N(c2cccc(Cl)c2)CC1CS. The number of ether oxygens (including phenoxy) is 1. The smallest absolute Gasteiger partial charge is 0.411 e. The minimum absolute atomic E-state index is 0.0351. The van der Waals surface area contributed by atoms with Crippen LogP contribution in [0.15, 0.2) is 24.3 Å². The van der Waals surface area contributed by atoms with E-state index in [-0.39, 0.29) is 18.5 Å². The molecule has 1 fully saturated rings. The zero-order valence-electron chi connectivity index (χ0n) is 13.5. The molecule has 2 rings (SSSR count). The Morgan fingerprint density at radius 2 is 2.13 bits per heavy atom. The van der Waals surface area contributed by atoms with Crippen LogP contribution in [-0.2, 0) is 9.53 Å². The van der Waals surface area contributed by atoms with Gasteiger partial charge in [-0.15, -0.1) is 0 Å². The van der Waals surface area contributed by atoms with E-state index in [1.54, 1.807) is 43.9 Å². The van der Waals surface area contributed by atoms with Crippen LogP contribution in [0.5, 0.6) is 0 Å². The van der Waals surface area contributed by atoms with Crippen LogP contribution >= 0.6 is 24.2 Å². The number of benzene rings is 1. The quantitative estimate of drug-likeness (QED) is 0.828. The zero-order valence-corrected chi connectivity index (χ0v) is 15.1. The summed E-state index contributed by atoms with van der Waals surface area (Å²) in [6, 6.07) is 6.88. The highest BCUT2D eigenvalue weighted by Crippen LogP contribution is 2.24. The van der Waals surface area contributed by atoms with Crippen LogP contribution < -0.4 is 4.90 Å². The van der Waals surface area contributed by atoms with E-state index in [1.165, 1.54) is 4.90 Å². The second-order valence-corrected chi connectivity index (χ2v) is 7.23. The molecule has 1 atom stereocenters. The molecule has 7 heteroatoms. The molecule has 1 unspecified atom stereocenters. The highest BCUT2D eigenvalue weighted by Gasteiger charge is 2.37. The monoisotopic (exact) mass is 356 g/mol. The fraction of sp³-hybridized carbons (Fsp3) is 0.500. The van der Waals surface area contributed by atoms with Gasteiger partial charge in [-0.1, -0.05) is 17.7 Å². The van der Waals surface area contributed by atoms with E-state index in [0.717, 1.165) is 5.69 Å². The second-order valence-electron chi connectivity index (χ2n) is 6.43. The molecule has 1 aliphatic rings. The van der Waals surface area contributed by atoms with Crippen molar-refractivity contribution in [1.82, 2.24) is 4.90 Å². The Kier molecular flexibility index (Phi) is 5.47. The fourth-order valence-electron chi connectivity index (χ4n) is 2.36. The first-order valence-corrected chi connectivity index (χ1v) is 8.39. The lowest BCUT2D eigenvalue weighted by Gasteiger charge is -2.40. The molecule has 5 nitrogen and oxygen atoms in total. The lowest BCUT2D eigenvalue weighted by Crippen LogP contribution is -2.59. The van der Waals surface area contributed by atoms with E-state index >= 15 is 0 Å². The van der Waals surface area contributed by atoms with Crippen molar-refractivity contribution in [3.05, 3.63) is 29.3 Å². The number of rotatable bonds is 2. The molecule has 0 radical (unpaired) electrons. The molecule has 1 heterocycles. The number of piperazine rings is 1. The number of anilines is 1. The summed E-state index contributed by atoms with van der Waals surface area (Å²) in [5, 5.41) is 0.562. The minimum Gasteiger partial charge on any atom is -0.444 e. The van der Waals surface area contributed by atoms with Gasteiger partial charge in [0.1, 0.15) is 12.1 Å². The van der Waals surface area contributed by atoms with E-state index in [2.05, 4.69) is 12.6 Å². The maximum atomic E-state index is 12.5. The van der Waals surface area contributed by atoms with E-state index in [9.17, 15) is 9.59 Å². The molecule has 0 aromatic heterocycles. The third kappa shape index (κ3) is 4.54. The summed E-state index contributed by atoms with van der Waals surface area (Å²) in [5.41, 5.74) is 0.115. The van der Waals surface area contributed by atoms with Crippen LogP contribution in [0.4, 0.5) is 10.5 Å². The number of halogens is 1. The minimum atomic E-state index is -0.606. The molecule has 1 aromatic carbocycles. The summed E-state index contributed by atoms with van der Waals surface area (Å²) in [7, 11) is 0. The van der Waals surface area contributed by atoms with Gasteiger partial charge in [-0.25, -0.2) is 4.79 Å². The number of thiol groups is 1. The number of carbonyl (C=O) groups excluding carboxylic acids is 2. The van der Waals surface area contributed by atoms with Crippen molar-refractivity contribution in [1.29, 1.82) is 0 Å². The number of hydrogen-bond acceptors (Lipinski definition) is 4. The van der Waals surface area contributed by atoms with Crippen molar-refractivity contribution >= 4 is 41.9 Å². The first-order valence-electron chi connectivity index (χ1n) is 7.37. The third-order valence-electron chi connectivity index (χ3n) is 3.40. The summed E-state index contributed by atoms with van der Waals surface area (Å²) in [6.07, 6.45) is -0.490. The van der Waals surface area contributed by atoms with Crippen molar-refractivity contribution in [2.75, 3.05) is 23.7 Å². The van der Waals surface area contributed by atoms with Crippen LogP contribution in [0.1, 0.15) is 20.8 Å². The molecule has 0 spiro atoms. The average molecular weight is 357 g/mol. The maximum absolute atomic E-state index is 12.5. The van der Waals surface area contributed by atoms with Crippen LogP contribution in [-0.4, -0.2) is 47.4 Å². The Morgan fingerprint density at radius 1 is 1.43 bits per heavy atom. The average Bonchev–Trinajstić information content (AvgIpc) is 2.45. The van der Waals surface area contributed by atoms with Crippen LogP contribution in [0.2, 0.25) is 5.02 Å². The summed E-state index contributed by atoms with van der Waals surface area (Å²) < 4.78 is 5.38. The second kappa shape index (κ2) is 7.01. The summed E-state index contributed by atoms with van der Waals surface area (Å²) in [5.74, 6) is 0.264. The molecule has 23 heavy (non-hydrogen) atoms. The van der Waals surface area contributed by atoms with Crippen molar-refractivity contribution in [3.8, 4) is 0 Å². The van der Waals surface area contributed by atoms with Gasteiger partial charge in [0, 0.05) is 23.0 Å². The maximum Gasteiger partial charge on any atom is 0.411 e. The molecule has 126 valence electrons. The Labute approximate surface area is 146 Å². The number of hydrogen-bond donors (Lipinski definition) is 1. The number of amides is 2. The molecular formula is C16H21ClN2O3S. The van der Waals surface area contributed by atoms with Gasteiger partial charge in [0.2, 0.25) is 5.91 Å². The molecule has 0 N–H and O–H groups in total. The Balaban J connectivity index is 2.18. The Bertz CT molecular complexity index is 603. The van der Waals surface area contributed by atoms with Gasteiger partial charge >= 0.3 is 6.09 Å². The number of carbonyl (C=O) groups is 2. The summed E-state index contributed by atoms with van der Waals surface area (Å²) in [4.78, 5) is 27.8. The Morgan fingerprint density at radius 3 is 2.70 bits per heavy atom. The van der Waals surface area contributed by atoms with Crippen LogP contribution in [0, 0.1) is 0 Å². The van der Waals surface area contributed by atoms with Gasteiger partial charge in [0.25, 0.3) is 0 Å². The molecule has 0 aliphatic carbocycles. The standard InChI is InChI=1S/C16H21ClN2O3S/c1-16(2,3)22-15(21)19-9-14(20)18(8-13(19)10-23)12-6-4-5-11(17)7-12/h4-7,13,23H,8-10H2,1-3H3. The topological polar surface area (TPSA) is 49.9 Å². The van der Waals surface area contributed by atoms with Crippen LogP contribution in [0.25, 0.3) is 0 Å². The van der Waals surface area contributed by atoms with E-state index in [1.807, 2.05) is 6.07 Å².